The molecule has 0 saturated carbocycles. The molecule has 2 heterocycles. The van der Waals surface area contributed by atoms with Gasteiger partial charge in [0, 0.05) is 31.9 Å². The zero-order chi connectivity index (χ0) is 23.6. The predicted molar refractivity (Wildman–Crippen MR) is 124 cm³/mol. The lowest BCUT2D eigenvalue weighted by atomic mass is 10.1. The van der Waals surface area contributed by atoms with Crippen molar-refractivity contribution >= 4 is 15.9 Å². The standard InChI is InChI=1S/C24H28N4O4S/c1-17-4-9-22(14-18(17)2)33(31,32)28-16-21(29)15-23(28)24(30)25-12-10-19-5-7-20(8-6-19)27-13-3-11-26-27/h3-9,11,13-14,21,23,29H,10,12,15-16H2,1-2H3,(H,25,30). The number of nitrogens with one attached hydrogen (secondary N) is 1. The molecule has 33 heavy (non-hydrogen) atoms. The van der Waals surface area contributed by atoms with Gasteiger partial charge in [0.25, 0.3) is 0 Å². The number of aryl methyl sites for hydroxylation is 2. The van der Waals surface area contributed by atoms with Gasteiger partial charge in [0.15, 0.2) is 0 Å². The van der Waals surface area contributed by atoms with Crippen molar-refractivity contribution in [3.63, 3.8) is 0 Å². The van der Waals surface area contributed by atoms with E-state index in [0.29, 0.717) is 13.0 Å². The largest absolute Gasteiger partial charge is 0.392 e. The minimum Gasteiger partial charge on any atom is -0.392 e. The van der Waals surface area contributed by atoms with Crippen LogP contribution in [0.15, 0.2) is 65.8 Å². The first-order valence-electron chi connectivity index (χ1n) is 10.9. The van der Waals surface area contributed by atoms with E-state index in [4.69, 9.17) is 0 Å². The SMILES string of the molecule is Cc1ccc(S(=O)(=O)N2CC(O)CC2C(=O)NCCc2ccc(-n3cccn3)cc2)cc1C. The fraction of sp³-hybridized carbons (Fsp3) is 0.333. The van der Waals surface area contributed by atoms with Crippen LogP contribution < -0.4 is 5.32 Å². The minimum absolute atomic E-state index is 0.0779. The Morgan fingerprint density at radius 1 is 1.15 bits per heavy atom. The fourth-order valence-corrected chi connectivity index (χ4v) is 5.70. The third-order valence-electron chi connectivity index (χ3n) is 6.04. The van der Waals surface area contributed by atoms with Crippen molar-refractivity contribution in [2.45, 2.75) is 43.7 Å². The van der Waals surface area contributed by atoms with E-state index in [-0.39, 0.29) is 17.9 Å². The second-order valence-corrected chi connectivity index (χ2v) is 10.3. The number of carbonyl (C=O) groups excluding carboxylic acids is 1. The van der Waals surface area contributed by atoms with Crippen molar-refractivity contribution in [3.8, 4) is 5.69 Å². The van der Waals surface area contributed by atoms with Gasteiger partial charge in [-0.25, -0.2) is 13.1 Å². The molecule has 0 aliphatic carbocycles. The second-order valence-electron chi connectivity index (χ2n) is 8.38. The number of hydrogen-bond acceptors (Lipinski definition) is 5. The number of benzene rings is 2. The summed E-state index contributed by atoms with van der Waals surface area (Å²) in [5.74, 6) is -0.396. The van der Waals surface area contributed by atoms with Crippen LogP contribution in [-0.2, 0) is 21.2 Å². The maximum Gasteiger partial charge on any atom is 0.243 e. The number of carbonyl (C=O) groups is 1. The van der Waals surface area contributed by atoms with Crippen molar-refractivity contribution in [2.75, 3.05) is 13.1 Å². The number of β-amino-alcohol motifs (C(OH)–C–C–N with tert-alkyl or cyclic N) is 1. The van der Waals surface area contributed by atoms with Crippen molar-refractivity contribution in [2.24, 2.45) is 0 Å². The Morgan fingerprint density at radius 3 is 2.58 bits per heavy atom. The summed E-state index contributed by atoms with van der Waals surface area (Å²) in [7, 11) is -3.90. The summed E-state index contributed by atoms with van der Waals surface area (Å²) in [6.07, 6.45) is 3.38. The fourth-order valence-electron chi connectivity index (χ4n) is 3.98. The van der Waals surface area contributed by atoms with E-state index in [9.17, 15) is 18.3 Å². The number of aliphatic hydroxyl groups is 1. The molecule has 1 amide bonds. The van der Waals surface area contributed by atoms with Crippen molar-refractivity contribution < 1.29 is 18.3 Å². The van der Waals surface area contributed by atoms with Crippen molar-refractivity contribution in [3.05, 3.63) is 77.6 Å². The third-order valence-corrected chi connectivity index (χ3v) is 7.91. The Hall–Kier alpha value is -3.01. The van der Waals surface area contributed by atoms with E-state index in [1.807, 2.05) is 50.4 Å². The molecular formula is C24H28N4O4S. The van der Waals surface area contributed by atoms with Gasteiger partial charge in [-0.1, -0.05) is 18.2 Å². The maximum absolute atomic E-state index is 13.2. The normalized spacial score (nSPS) is 19.0. The maximum atomic E-state index is 13.2. The van der Waals surface area contributed by atoms with Crippen LogP contribution in [-0.4, -0.2) is 58.8 Å². The van der Waals surface area contributed by atoms with Crippen LogP contribution in [0.4, 0.5) is 0 Å². The zero-order valence-corrected chi connectivity index (χ0v) is 19.5. The van der Waals surface area contributed by atoms with Gasteiger partial charge in [0.2, 0.25) is 15.9 Å². The van der Waals surface area contributed by atoms with E-state index in [2.05, 4.69) is 10.4 Å². The van der Waals surface area contributed by atoms with Crippen LogP contribution in [0.3, 0.4) is 0 Å². The first-order valence-corrected chi connectivity index (χ1v) is 12.3. The average molecular weight is 469 g/mol. The van der Waals surface area contributed by atoms with Crippen LogP contribution in [0.2, 0.25) is 0 Å². The number of aromatic nitrogens is 2. The molecule has 2 N–H and O–H groups in total. The first-order chi connectivity index (χ1) is 15.8. The topological polar surface area (TPSA) is 105 Å². The Kier molecular flexibility index (Phi) is 6.64. The molecule has 174 valence electrons. The Balaban J connectivity index is 1.40. The zero-order valence-electron chi connectivity index (χ0n) is 18.7. The third kappa shape index (κ3) is 5.00. The van der Waals surface area contributed by atoms with Crippen LogP contribution in [0.25, 0.3) is 5.69 Å². The molecule has 1 aromatic heterocycles. The first kappa shape index (κ1) is 23.2. The van der Waals surface area contributed by atoms with Crippen LogP contribution in [0.1, 0.15) is 23.1 Å². The number of aliphatic hydroxyl groups excluding tert-OH is 1. The van der Waals surface area contributed by atoms with Crippen LogP contribution >= 0.6 is 0 Å². The smallest absolute Gasteiger partial charge is 0.243 e. The quantitative estimate of drug-likeness (QED) is 0.552. The molecule has 2 atom stereocenters. The summed E-state index contributed by atoms with van der Waals surface area (Å²) >= 11 is 0. The number of hydrogen-bond donors (Lipinski definition) is 2. The molecule has 1 fully saturated rings. The molecule has 9 heteroatoms. The van der Waals surface area contributed by atoms with Gasteiger partial charge in [-0.2, -0.15) is 9.40 Å². The Labute approximate surface area is 193 Å². The number of nitrogens with zero attached hydrogens (tertiary/aromatic N) is 3. The lowest BCUT2D eigenvalue weighted by Gasteiger charge is -2.23. The lowest BCUT2D eigenvalue weighted by molar-refractivity contribution is -0.124. The van der Waals surface area contributed by atoms with Gasteiger partial charge < -0.3 is 10.4 Å². The van der Waals surface area contributed by atoms with Gasteiger partial charge in [-0.05, 0) is 67.3 Å². The van der Waals surface area contributed by atoms with E-state index in [1.54, 1.807) is 29.1 Å². The van der Waals surface area contributed by atoms with Gasteiger partial charge in [0.05, 0.1) is 16.7 Å². The van der Waals surface area contributed by atoms with E-state index in [0.717, 1.165) is 26.7 Å². The van der Waals surface area contributed by atoms with E-state index in [1.165, 1.54) is 0 Å². The summed E-state index contributed by atoms with van der Waals surface area (Å²) < 4.78 is 29.3. The molecule has 1 aliphatic heterocycles. The van der Waals surface area contributed by atoms with Gasteiger partial charge in [-0.3, -0.25) is 4.79 Å². The molecule has 1 aliphatic rings. The molecule has 0 spiro atoms. The van der Waals surface area contributed by atoms with E-state index < -0.39 is 28.1 Å². The number of rotatable bonds is 7. The lowest BCUT2D eigenvalue weighted by Crippen LogP contribution is -2.46. The molecule has 0 bridgehead atoms. The van der Waals surface area contributed by atoms with Crippen molar-refractivity contribution in [1.29, 1.82) is 0 Å². The summed E-state index contributed by atoms with van der Waals surface area (Å²) in [4.78, 5) is 13.0. The van der Waals surface area contributed by atoms with Crippen LogP contribution in [0.5, 0.6) is 0 Å². The van der Waals surface area contributed by atoms with Gasteiger partial charge in [-0.15, -0.1) is 0 Å². The summed E-state index contributed by atoms with van der Waals surface area (Å²) in [6.45, 7) is 4.03. The number of amides is 1. The molecule has 2 unspecified atom stereocenters. The molecule has 8 nitrogen and oxygen atoms in total. The molecule has 3 aromatic rings. The molecular weight excluding hydrogens is 440 g/mol. The van der Waals surface area contributed by atoms with Crippen molar-refractivity contribution in [1.82, 2.24) is 19.4 Å². The molecule has 4 rings (SSSR count). The summed E-state index contributed by atoms with van der Waals surface area (Å²) in [6, 6.07) is 13.7. The highest BCUT2D eigenvalue weighted by atomic mass is 32.2. The molecule has 2 aromatic carbocycles. The monoisotopic (exact) mass is 468 g/mol. The summed E-state index contributed by atoms with van der Waals surface area (Å²) in [5.41, 5.74) is 3.83. The second kappa shape index (κ2) is 9.46. The summed E-state index contributed by atoms with van der Waals surface area (Å²) in [5, 5.41) is 17.2. The average Bonchev–Trinajstić information content (AvgIpc) is 3.46. The number of sulfonamides is 1. The minimum atomic E-state index is -3.90. The molecule has 0 radical (unpaired) electrons. The predicted octanol–water partition coefficient (Wildman–Crippen LogP) is 1.97. The van der Waals surface area contributed by atoms with Gasteiger partial charge >= 0.3 is 0 Å². The Bertz CT molecular complexity index is 1220. The highest BCUT2D eigenvalue weighted by Crippen LogP contribution is 2.27. The highest BCUT2D eigenvalue weighted by Gasteiger charge is 2.43. The Morgan fingerprint density at radius 2 is 1.91 bits per heavy atom. The van der Waals surface area contributed by atoms with Gasteiger partial charge in [0.1, 0.15) is 6.04 Å². The highest BCUT2D eigenvalue weighted by molar-refractivity contribution is 7.89. The van der Waals surface area contributed by atoms with E-state index >= 15 is 0 Å². The van der Waals surface area contributed by atoms with Crippen LogP contribution in [0, 0.1) is 13.8 Å². The molecule has 1 saturated heterocycles.